The number of carbonyl (C=O) groups excluding carboxylic acids is 1. The predicted molar refractivity (Wildman–Crippen MR) is 104 cm³/mol. The van der Waals surface area contributed by atoms with Crippen molar-refractivity contribution in [3.05, 3.63) is 23.8 Å². The molecule has 1 aromatic carbocycles. The molecule has 1 amide bonds. The number of carbonyl (C=O) groups is 1. The van der Waals surface area contributed by atoms with Gasteiger partial charge in [-0.05, 0) is 58.4 Å². The van der Waals surface area contributed by atoms with Crippen LogP contribution in [0.3, 0.4) is 0 Å². The van der Waals surface area contributed by atoms with Gasteiger partial charge in [-0.2, -0.15) is 0 Å². The number of hydrogen-bond acceptors (Lipinski definition) is 5. The summed E-state index contributed by atoms with van der Waals surface area (Å²) in [6.07, 6.45) is 1.70. The van der Waals surface area contributed by atoms with E-state index in [0.29, 0.717) is 11.6 Å². The van der Waals surface area contributed by atoms with E-state index < -0.39 is 10.0 Å². The van der Waals surface area contributed by atoms with Gasteiger partial charge in [0.25, 0.3) is 5.91 Å². The van der Waals surface area contributed by atoms with E-state index in [1.54, 1.807) is 19.9 Å². The highest BCUT2D eigenvalue weighted by Gasteiger charge is 2.24. The van der Waals surface area contributed by atoms with Crippen LogP contribution in [0.2, 0.25) is 0 Å². The maximum absolute atomic E-state index is 12.5. The Labute approximate surface area is 161 Å². The maximum atomic E-state index is 12.5. The van der Waals surface area contributed by atoms with Crippen LogP contribution in [-0.4, -0.2) is 46.1 Å². The molecule has 1 fully saturated rings. The second-order valence-corrected chi connectivity index (χ2v) is 8.37. The molecular weight excluding hydrogens is 378 g/mol. The Morgan fingerprint density at radius 2 is 2.04 bits per heavy atom. The Hall–Kier alpha value is -1.35. The zero-order valence-electron chi connectivity index (χ0n) is 15.5. The molecule has 9 heteroatoms. The zero-order valence-corrected chi connectivity index (χ0v) is 17.2. The van der Waals surface area contributed by atoms with E-state index in [-0.39, 0.29) is 41.0 Å². The summed E-state index contributed by atoms with van der Waals surface area (Å²) < 4.78 is 32.7. The van der Waals surface area contributed by atoms with E-state index in [1.165, 1.54) is 19.2 Å². The quantitative estimate of drug-likeness (QED) is 0.669. The Bertz CT molecular complexity index is 725. The SMILES string of the molecule is COc1ccc(C(=O)NC2CCNC(C)C2)cc1S(=O)(=O)NC(C)C.Cl. The van der Waals surface area contributed by atoms with Crippen LogP contribution in [0.15, 0.2) is 23.1 Å². The van der Waals surface area contributed by atoms with Crippen molar-refractivity contribution in [2.45, 2.75) is 56.6 Å². The summed E-state index contributed by atoms with van der Waals surface area (Å²) in [5, 5.41) is 6.32. The van der Waals surface area contributed by atoms with Crippen LogP contribution >= 0.6 is 12.4 Å². The van der Waals surface area contributed by atoms with Gasteiger partial charge in [-0.3, -0.25) is 4.79 Å². The van der Waals surface area contributed by atoms with Gasteiger partial charge in [0.15, 0.2) is 0 Å². The third-order valence-corrected chi connectivity index (χ3v) is 5.74. The van der Waals surface area contributed by atoms with Crippen molar-refractivity contribution in [3.63, 3.8) is 0 Å². The number of rotatable bonds is 6. The van der Waals surface area contributed by atoms with Gasteiger partial charge in [-0.15, -0.1) is 12.4 Å². The van der Waals surface area contributed by atoms with Crippen molar-refractivity contribution in [3.8, 4) is 5.75 Å². The Morgan fingerprint density at radius 1 is 1.35 bits per heavy atom. The first-order chi connectivity index (χ1) is 11.7. The number of hydrogen-bond donors (Lipinski definition) is 3. The summed E-state index contributed by atoms with van der Waals surface area (Å²) in [5.41, 5.74) is 0.302. The fraction of sp³-hybridized carbons (Fsp3) is 0.588. The number of halogens is 1. The average molecular weight is 406 g/mol. The molecule has 0 bridgehead atoms. The third-order valence-electron chi connectivity index (χ3n) is 4.07. The molecule has 0 aliphatic carbocycles. The van der Waals surface area contributed by atoms with E-state index in [0.717, 1.165) is 19.4 Å². The Kier molecular flexibility index (Phi) is 8.33. The standard InChI is InChI=1S/C17H27N3O4S.ClH/c1-11(2)20-25(22,23)16-10-13(5-6-15(16)24-4)17(21)19-14-7-8-18-12(3)9-14;/h5-6,10-12,14,18,20H,7-9H2,1-4H3,(H,19,21);1H. The lowest BCUT2D eigenvalue weighted by molar-refractivity contribution is 0.0925. The van der Waals surface area contributed by atoms with Crippen LogP contribution in [0.1, 0.15) is 44.0 Å². The summed E-state index contributed by atoms with van der Waals surface area (Å²) >= 11 is 0. The molecule has 1 saturated heterocycles. The molecular formula is C17H28ClN3O4S. The fourth-order valence-electron chi connectivity index (χ4n) is 2.93. The number of nitrogens with one attached hydrogen (secondary N) is 3. The molecule has 2 atom stereocenters. The molecule has 148 valence electrons. The van der Waals surface area contributed by atoms with Crippen LogP contribution in [0, 0.1) is 0 Å². The monoisotopic (exact) mass is 405 g/mol. The summed E-state index contributed by atoms with van der Waals surface area (Å²) in [6.45, 7) is 6.40. The minimum Gasteiger partial charge on any atom is -0.495 e. The van der Waals surface area contributed by atoms with Gasteiger partial charge in [0.05, 0.1) is 7.11 Å². The van der Waals surface area contributed by atoms with Crippen molar-refractivity contribution in [1.29, 1.82) is 0 Å². The highest BCUT2D eigenvalue weighted by Crippen LogP contribution is 2.25. The van der Waals surface area contributed by atoms with Crippen molar-refractivity contribution in [2.75, 3.05) is 13.7 Å². The fourth-order valence-corrected chi connectivity index (χ4v) is 4.38. The van der Waals surface area contributed by atoms with Crippen LogP contribution in [-0.2, 0) is 10.0 Å². The Balaban J connectivity index is 0.00000338. The maximum Gasteiger partial charge on any atom is 0.251 e. The van der Waals surface area contributed by atoms with Crippen LogP contribution < -0.4 is 20.1 Å². The number of sulfonamides is 1. The topological polar surface area (TPSA) is 96.5 Å². The highest BCUT2D eigenvalue weighted by molar-refractivity contribution is 7.89. The van der Waals surface area contributed by atoms with Crippen molar-refractivity contribution in [2.24, 2.45) is 0 Å². The van der Waals surface area contributed by atoms with E-state index in [1.807, 2.05) is 0 Å². The summed E-state index contributed by atoms with van der Waals surface area (Å²) in [5.74, 6) is -0.0667. The van der Waals surface area contributed by atoms with Gasteiger partial charge in [0, 0.05) is 23.7 Å². The second kappa shape index (κ2) is 9.55. The van der Waals surface area contributed by atoms with Gasteiger partial charge in [-0.25, -0.2) is 13.1 Å². The third kappa shape index (κ3) is 5.84. The van der Waals surface area contributed by atoms with Crippen molar-refractivity contribution in [1.82, 2.24) is 15.4 Å². The van der Waals surface area contributed by atoms with Crippen molar-refractivity contribution >= 4 is 28.3 Å². The first-order valence-electron chi connectivity index (χ1n) is 8.47. The van der Waals surface area contributed by atoms with Gasteiger partial charge in [0.2, 0.25) is 10.0 Å². The highest BCUT2D eigenvalue weighted by atomic mass is 35.5. The number of amides is 1. The lowest BCUT2D eigenvalue weighted by Crippen LogP contribution is -2.46. The predicted octanol–water partition coefficient (Wildman–Crippen LogP) is 1.67. The molecule has 1 aliphatic heterocycles. The normalized spacial score (nSPS) is 20.3. The van der Waals surface area contributed by atoms with Crippen molar-refractivity contribution < 1.29 is 17.9 Å². The van der Waals surface area contributed by atoms with Crippen LogP contribution in [0.5, 0.6) is 5.75 Å². The molecule has 0 aromatic heterocycles. The summed E-state index contributed by atoms with van der Waals surface area (Å²) in [4.78, 5) is 12.5. The molecule has 26 heavy (non-hydrogen) atoms. The zero-order chi connectivity index (χ0) is 18.6. The van der Waals surface area contributed by atoms with E-state index >= 15 is 0 Å². The molecule has 3 N–H and O–H groups in total. The van der Waals surface area contributed by atoms with Crippen LogP contribution in [0.4, 0.5) is 0 Å². The van der Waals surface area contributed by atoms with E-state index in [9.17, 15) is 13.2 Å². The minimum absolute atomic E-state index is 0. The number of methoxy groups -OCH3 is 1. The molecule has 0 radical (unpaired) electrons. The summed E-state index contributed by atoms with van der Waals surface area (Å²) in [7, 11) is -2.36. The van der Waals surface area contributed by atoms with E-state index in [2.05, 4.69) is 22.3 Å². The largest absolute Gasteiger partial charge is 0.495 e. The number of piperidine rings is 1. The second-order valence-electron chi connectivity index (χ2n) is 6.69. The molecule has 7 nitrogen and oxygen atoms in total. The van der Waals surface area contributed by atoms with Gasteiger partial charge in [0.1, 0.15) is 10.6 Å². The van der Waals surface area contributed by atoms with Gasteiger partial charge in [-0.1, -0.05) is 0 Å². The molecule has 1 aromatic rings. The first kappa shape index (κ1) is 22.7. The lowest BCUT2D eigenvalue weighted by atomic mass is 10.0. The number of benzene rings is 1. The molecule has 1 aliphatic rings. The smallest absolute Gasteiger partial charge is 0.251 e. The molecule has 2 rings (SSSR count). The van der Waals surface area contributed by atoms with Gasteiger partial charge < -0.3 is 15.4 Å². The van der Waals surface area contributed by atoms with Gasteiger partial charge >= 0.3 is 0 Å². The Morgan fingerprint density at radius 3 is 2.62 bits per heavy atom. The first-order valence-corrected chi connectivity index (χ1v) is 9.96. The minimum atomic E-state index is -3.77. The average Bonchev–Trinajstić information content (AvgIpc) is 2.53. The molecule has 0 saturated carbocycles. The van der Waals surface area contributed by atoms with E-state index in [4.69, 9.17) is 4.74 Å². The van der Waals surface area contributed by atoms with Crippen LogP contribution in [0.25, 0.3) is 0 Å². The summed E-state index contributed by atoms with van der Waals surface area (Å²) in [6, 6.07) is 4.62. The molecule has 0 spiro atoms. The molecule has 1 heterocycles. The molecule has 2 unspecified atom stereocenters. The lowest BCUT2D eigenvalue weighted by Gasteiger charge is -2.28. The number of ether oxygens (including phenoxy) is 1.